The van der Waals surface area contributed by atoms with Gasteiger partial charge in [0.2, 0.25) is 0 Å². The lowest BCUT2D eigenvalue weighted by molar-refractivity contribution is 0.0696. The Balaban J connectivity index is 2.15. The minimum absolute atomic E-state index is 0.246. The molecule has 0 radical (unpaired) electrons. The van der Waals surface area contributed by atoms with E-state index in [0.717, 1.165) is 22.0 Å². The highest BCUT2D eigenvalue weighted by Crippen LogP contribution is 2.27. The van der Waals surface area contributed by atoms with Gasteiger partial charge in [-0.15, -0.1) is 0 Å². The summed E-state index contributed by atoms with van der Waals surface area (Å²) in [6, 6.07) is 15.1. The summed E-state index contributed by atoms with van der Waals surface area (Å²) in [4.78, 5) is 15.6. The molecule has 3 nitrogen and oxygen atoms in total. The average molecular weight is 328 g/mol. The van der Waals surface area contributed by atoms with E-state index in [0.29, 0.717) is 4.47 Å². The molecule has 0 aliphatic carbocycles. The number of benzene rings is 2. The fourth-order valence-electron chi connectivity index (χ4n) is 2.10. The summed E-state index contributed by atoms with van der Waals surface area (Å²) in [5.41, 5.74) is 2.91. The van der Waals surface area contributed by atoms with Crippen LogP contribution < -0.4 is 0 Å². The highest BCUT2D eigenvalue weighted by atomic mass is 79.9. The summed E-state index contributed by atoms with van der Waals surface area (Å²) in [7, 11) is 0. The highest BCUT2D eigenvalue weighted by Gasteiger charge is 2.10. The Labute approximate surface area is 124 Å². The van der Waals surface area contributed by atoms with E-state index in [1.165, 1.54) is 0 Å². The van der Waals surface area contributed by atoms with Crippen molar-refractivity contribution in [2.45, 2.75) is 0 Å². The fourth-order valence-corrected chi connectivity index (χ4v) is 2.51. The molecule has 0 aliphatic rings. The predicted molar refractivity (Wildman–Crippen MR) is 81.8 cm³/mol. The van der Waals surface area contributed by atoms with Crippen molar-refractivity contribution >= 4 is 32.8 Å². The Kier molecular flexibility index (Phi) is 3.24. The molecule has 98 valence electrons. The van der Waals surface area contributed by atoms with Crippen molar-refractivity contribution in [3.8, 4) is 11.1 Å². The van der Waals surface area contributed by atoms with Crippen molar-refractivity contribution < 1.29 is 9.90 Å². The number of hydrogen-bond acceptors (Lipinski definition) is 2. The third-order valence-corrected chi connectivity index (χ3v) is 3.81. The molecular weight excluding hydrogens is 318 g/mol. The number of rotatable bonds is 2. The smallest absolute Gasteiger partial charge is 0.336 e. The van der Waals surface area contributed by atoms with Crippen molar-refractivity contribution in [3.63, 3.8) is 0 Å². The summed E-state index contributed by atoms with van der Waals surface area (Å²) in [6.45, 7) is 0. The number of carboxylic acid groups (broad SMARTS) is 1. The topological polar surface area (TPSA) is 50.2 Å². The van der Waals surface area contributed by atoms with Crippen LogP contribution in [-0.2, 0) is 0 Å². The molecule has 0 bridgehead atoms. The minimum Gasteiger partial charge on any atom is -0.478 e. The second-order valence-corrected chi connectivity index (χ2v) is 5.27. The Morgan fingerprint density at radius 2 is 1.85 bits per heavy atom. The molecule has 0 amide bonds. The van der Waals surface area contributed by atoms with Crippen LogP contribution in [0.3, 0.4) is 0 Å². The maximum atomic E-state index is 11.2. The third kappa shape index (κ3) is 2.30. The quantitative estimate of drug-likeness (QED) is 0.760. The molecule has 0 fully saturated rings. The highest BCUT2D eigenvalue weighted by molar-refractivity contribution is 9.10. The van der Waals surface area contributed by atoms with Crippen LogP contribution in [0.4, 0.5) is 0 Å². The molecule has 1 N–H and O–H groups in total. The van der Waals surface area contributed by atoms with Gasteiger partial charge in [-0.05, 0) is 45.8 Å². The Morgan fingerprint density at radius 1 is 1.05 bits per heavy atom. The monoisotopic (exact) mass is 327 g/mol. The molecule has 0 spiro atoms. The number of fused-ring (bicyclic) bond motifs is 1. The van der Waals surface area contributed by atoms with Crippen LogP contribution >= 0.6 is 15.9 Å². The van der Waals surface area contributed by atoms with Gasteiger partial charge in [0, 0.05) is 21.6 Å². The van der Waals surface area contributed by atoms with E-state index in [-0.39, 0.29) is 5.56 Å². The molecule has 0 saturated heterocycles. The number of halogens is 1. The Morgan fingerprint density at radius 3 is 2.65 bits per heavy atom. The number of para-hydroxylation sites is 1. The predicted octanol–water partition coefficient (Wildman–Crippen LogP) is 4.36. The Hall–Kier alpha value is -2.20. The number of carbonyl (C=O) groups is 1. The van der Waals surface area contributed by atoms with Gasteiger partial charge in [0.1, 0.15) is 0 Å². The van der Waals surface area contributed by atoms with Gasteiger partial charge in [0.15, 0.2) is 0 Å². The van der Waals surface area contributed by atoms with Gasteiger partial charge in [-0.25, -0.2) is 4.79 Å². The van der Waals surface area contributed by atoms with E-state index >= 15 is 0 Å². The average Bonchev–Trinajstić information content (AvgIpc) is 2.47. The van der Waals surface area contributed by atoms with E-state index in [9.17, 15) is 4.79 Å². The van der Waals surface area contributed by atoms with Crippen LogP contribution in [0.1, 0.15) is 10.4 Å². The van der Waals surface area contributed by atoms with Crippen LogP contribution in [0.2, 0.25) is 0 Å². The van der Waals surface area contributed by atoms with Crippen molar-refractivity contribution in [1.29, 1.82) is 0 Å². The van der Waals surface area contributed by atoms with Crippen LogP contribution in [0, 0.1) is 0 Å². The maximum Gasteiger partial charge on any atom is 0.336 e. The lowest BCUT2D eigenvalue weighted by Crippen LogP contribution is -1.98. The SMILES string of the molecule is O=C(O)c1cc(-c2cnc3ccccc3c2)ccc1Br. The van der Waals surface area contributed by atoms with Gasteiger partial charge in [-0.3, -0.25) is 4.98 Å². The van der Waals surface area contributed by atoms with Crippen molar-refractivity contribution in [3.05, 3.63) is 64.8 Å². The molecule has 0 saturated carbocycles. The first kappa shape index (κ1) is 12.8. The zero-order chi connectivity index (χ0) is 14.1. The Bertz CT molecular complexity index is 814. The molecule has 0 atom stereocenters. The summed E-state index contributed by atoms with van der Waals surface area (Å²) in [5.74, 6) is -0.951. The molecule has 2 aromatic carbocycles. The summed E-state index contributed by atoms with van der Waals surface area (Å²) < 4.78 is 0.572. The number of aromatic carboxylic acids is 1. The molecule has 20 heavy (non-hydrogen) atoms. The summed E-state index contributed by atoms with van der Waals surface area (Å²) in [6.07, 6.45) is 1.76. The number of nitrogens with zero attached hydrogens (tertiary/aromatic N) is 1. The number of aromatic nitrogens is 1. The molecule has 0 aliphatic heterocycles. The van der Waals surface area contributed by atoms with E-state index in [2.05, 4.69) is 20.9 Å². The molecular formula is C16H10BrNO2. The second-order valence-electron chi connectivity index (χ2n) is 4.42. The molecule has 1 heterocycles. The van der Waals surface area contributed by atoms with Crippen molar-refractivity contribution in [2.24, 2.45) is 0 Å². The largest absolute Gasteiger partial charge is 0.478 e. The van der Waals surface area contributed by atoms with Gasteiger partial charge >= 0.3 is 5.97 Å². The first-order valence-electron chi connectivity index (χ1n) is 6.03. The number of hydrogen-bond donors (Lipinski definition) is 1. The van der Waals surface area contributed by atoms with E-state index in [1.54, 1.807) is 18.3 Å². The van der Waals surface area contributed by atoms with Crippen LogP contribution in [-0.4, -0.2) is 16.1 Å². The first-order valence-corrected chi connectivity index (χ1v) is 6.82. The van der Waals surface area contributed by atoms with Gasteiger partial charge < -0.3 is 5.11 Å². The molecule has 1 aromatic heterocycles. The van der Waals surface area contributed by atoms with E-state index in [1.807, 2.05) is 36.4 Å². The molecule has 4 heteroatoms. The normalized spacial score (nSPS) is 10.7. The number of carboxylic acids is 1. The summed E-state index contributed by atoms with van der Waals surface area (Å²) in [5, 5.41) is 10.2. The second kappa shape index (κ2) is 5.06. The van der Waals surface area contributed by atoms with Gasteiger partial charge in [-0.1, -0.05) is 24.3 Å². The fraction of sp³-hybridized carbons (Fsp3) is 0. The summed E-state index contributed by atoms with van der Waals surface area (Å²) >= 11 is 3.25. The lowest BCUT2D eigenvalue weighted by Gasteiger charge is -2.06. The molecule has 0 unspecified atom stereocenters. The maximum absolute atomic E-state index is 11.2. The van der Waals surface area contributed by atoms with Crippen LogP contribution in [0.25, 0.3) is 22.0 Å². The number of pyridine rings is 1. The standard InChI is InChI=1S/C16H10BrNO2/c17-14-6-5-10(8-13(14)16(19)20)12-7-11-3-1-2-4-15(11)18-9-12/h1-9H,(H,19,20). The van der Waals surface area contributed by atoms with Crippen LogP contribution in [0.5, 0.6) is 0 Å². The van der Waals surface area contributed by atoms with E-state index in [4.69, 9.17) is 5.11 Å². The lowest BCUT2D eigenvalue weighted by atomic mass is 10.0. The van der Waals surface area contributed by atoms with Crippen LogP contribution in [0.15, 0.2) is 59.2 Å². The molecule has 3 rings (SSSR count). The molecule has 3 aromatic rings. The van der Waals surface area contributed by atoms with Gasteiger partial charge in [0.25, 0.3) is 0 Å². The first-order chi connectivity index (χ1) is 9.65. The van der Waals surface area contributed by atoms with Gasteiger partial charge in [0.05, 0.1) is 11.1 Å². The third-order valence-electron chi connectivity index (χ3n) is 3.12. The van der Waals surface area contributed by atoms with E-state index < -0.39 is 5.97 Å². The van der Waals surface area contributed by atoms with Gasteiger partial charge in [-0.2, -0.15) is 0 Å². The zero-order valence-corrected chi connectivity index (χ0v) is 12.0. The van der Waals surface area contributed by atoms with Crippen molar-refractivity contribution in [1.82, 2.24) is 4.98 Å². The minimum atomic E-state index is -0.951. The van der Waals surface area contributed by atoms with Crippen molar-refractivity contribution in [2.75, 3.05) is 0 Å². The zero-order valence-electron chi connectivity index (χ0n) is 10.4.